The van der Waals surface area contributed by atoms with Gasteiger partial charge in [-0.1, -0.05) is 30.3 Å². The van der Waals surface area contributed by atoms with Gasteiger partial charge in [0.2, 0.25) is 0 Å². The van der Waals surface area contributed by atoms with E-state index in [9.17, 15) is 0 Å². The Morgan fingerprint density at radius 1 is 1.11 bits per heavy atom. The van der Waals surface area contributed by atoms with Crippen molar-refractivity contribution >= 4 is 0 Å². The van der Waals surface area contributed by atoms with Crippen LogP contribution in [0.5, 0.6) is 0 Å². The summed E-state index contributed by atoms with van der Waals surface area (Å²) in [4.78, 5) is 2.37. The van der Waals surface area contributed by atoms with Crippen molar-refractivity contribution in [3.05, 3.63) is 35.9 Å². The molecule has 0 bridgehead atoms. The molecule has 0 aromatic heterocycles. The zero-order valence-electron chi connectivity index (χ0n) is 12.3. The normalized spacial score (nSPS) is 13.2. The average Bonchev–Trinajstić information content (AvgIpc) is 2.37. The lowest BCUT2D eigenvalue weighted by Crippen LogP contribution is -2.37. The van der Waals surface area contributed by atoms with Gasteiger partial charge in [0, 0.05) is 25.2 Å². The maximum atomic E-state index is 3.60. The van der Waals surface area contributed by atoms with Gasteiger partial charge in [0.1, 0.15) is 0 Å². The van der Waals surface area contributed by atoms with E-state index in [2.05, 4.69) is 68.4 Å². The third-order valence-electron chi connectivity index (χ3n) is 3.55. The van der Waals surface area contributed by atoms with E-state index in [0.717, 1.165) is 19.5 Å². The Bertz CT molecular complexity index is 308. The maximum Gasteiger partial charge on any atom is 0.0107 e. The Morgan fingerprint density at radius 2 is 1.78 bits per heavy atom. The van der Waals surface area contributed by atoms with Crippen molar-refractivity contribution in [1.29, 1.82) is 0 Å². The highest BCUT2D eigenvalue weighted by Gasteiger charge is 2.05. The molecule has 1 unspecified atom stereocenters. The molecule has 1 aromatic carbocycles. The Hall–Kier alpha value is -0.860. The van der Waals surface area contributed by atoms with Gasteiger partial charge in [0.25, 0.3) is 0 Å². The van der Waals surface area contributed by atoms with Gasteiger partial charge in [-0.05, 0) is 46.2 Å². The van der Waals surface area contributed by atoms with Gasteiger partial charge in [0.15, 0.2) is 0 Å². The first kappa shape index (κ1) is 15.2. The molecule has 0 fully saturated rings. The van der Waals surface area contributed by atoms with E-state index in [-0.39, 0.29) is 0 Å². The van der Waals surface area contributed by atoms with Crippen molar-refractivity contribution in [1.82, 2.24) is 10.2 Å². The summed E-state index contributed by atoms with van der Waals surface area (Å²) in [7, 11) is 2.18. The third-order valence-corrected chi connectivity index (χ3v) is 3.55. The first-order valence-corrected chi connectivity index (χ1v) is 7.07. The lowest BCUT2D eigenvalue weighted by molar-refractivity contribution is 0.269. The predicted octanol–water partition coefficient (Wildman–Crippen LogP) is 2.94. The molecule has 0 saturated carbocycles. The van der Waals surface area contributed by atoms with E-state index in [1.165, 1.54) is 12.0 Å². The van der Waals surface area contributed by atoms with Crippen LogP contribution in [0.4, 0.5) is 0 Å². The van der Waals surface area contributed by atoms with Crippen molar-refractivity contribution in [2.45, 2.75) is 45.7 Å². The topological polar surface area (TPSA) is 15.3 Å². The summed E-state index contributed by atoms with van der Waals surface area (Å²) in [6.07, 6.45) is 2.37. The quantitative estimate of drug-likeness (QED) is 0.761. The molecule has 1 N–H and O–H groups in total. The van der Waals surface area contributed by atoms with Crippen LogP contribution in [0.3, 0.4) is 0 Å². The minimum absolute atomic E-state index is 0.589. The van der Waals surface area contributed by atoms with Crippen molar-refractivity contribution in [3.63, 3.8) is 0 Å². The van der Waals surface area contributed by atoms with Crippen LogP contribution in [0.25, 0.3) is 0 Å². The summed E-state index contributed by atoms with van der Waals surface area (Å²) < 4.78 is 0. The molecule has 2 heteroatoms. The lowest BCUT2D eigenvalue weighted by atomic mass is 10.1. The smallest absolute Gasteiger partial charge is 0.0107 e. The van der Waals surface area contributed by atoms with E-state index in [1.54, 1.807) is 0 Å². The number of hydrogen-bond acceptors (Lipinski definition) is 2. The second kappa shape index (κ2) is 8.28. The van der Waals surface area contributed by atoms with Crippen molar-refractivity contribution in [2.24, 2.45) is 0 Å². The Balaban J connectivity index is 2.13. The molecule has 102 valence electrons. The zero-order valence-corrected chi connectivity index (χ0v) is 12.3. The molecule has 1 atom stereocenters. The second-order valence-electron chi connectivity index (χ2n) is 5.45. The van der Waals surface area contributed by atoms with E-state index in [1.807, 2.05) is 0 Å². The number of rotatable bonds is 8. The van der Waals surface area contributed by atoms with Gasteiger partial charge in [-0.3, -0.25) is 0 Å². The Morgan fingerprint density at radius 3 is 2.39 bits per heavy atom. The second-order valence-corrected chi connectivity index (χ2v) is 5.45. The molecule has 1 rings (SSSR count). The summed E-state index contributed by atoms with van der Waals surface area (Å²) >= 11 is 0. The Kier molecular flexibility index (Phi) is 6.99. The van der Waals surface area contributed by atoms with Crippen molar-refractivity contribution in [3.8, 4) is 0 Å². The molecule has 0 aliphatic carbocycles. The van der Waals surface area contributed by atoms with E-state index in [4.69, 9.17) is 0 Å². The molecule has 0 aliphatic heterocycles. The van der Waals surface area contributed by atoms with Crippen LogP contribution in [0.1, 0.15) is 32.8 Å². The molecule has 0 aliphatic rings. The van der Waals surface area contributed by atoms with Crippen LogP contribution in [-0.2, 0) is 6.42 Å². The molecule has 0 heterocycles. The first-order chi connectivity index (χ1) is 8.59. The van der Waals surface area contributed by atoms with Crippen LogP contribution in [0.15, 0.2) is 30.3 Å². The summed E-state index contributed by atoms with van der Waals surface area (Å²) in [5.41, 5.74) is 1.44. The van der Waals surface area contributed by atoms with E-state index >= 15 is 0 Å². The molecular weight excluding hydrogens is 220 g/mol. The molecule has 0 radical (unpaired) electrons. The minimum Gasteiger partial charge on any atom is -0.313 e. The Labute approximate surface area is 112 Å². The number of hydrogen-bond donors (Lipinski definition) is 1. The van der Waals surface area contributed by atoms with Gasteiger partial charge >= 0.3 is 0 Å². The molecular formula is C16H28N2. The van der Waals surface area contributed by atoms with Gasteiger partial charge < -0.3 is 10.2 Å². The molecule has 0 spiro atoms. The zero-order chi connectivity index (χ0) is 13.4. The minimum atomic E-state index is 0.589. The third kappa shape index (κ3) is 6.18. The SMILES string of the molecule is CC(CCc1ccccc1)NCCN(C)C(C)C. The van der Waals surface area contributed by atoms with Crippen LogP contribution in [-0.4, -0.2) is 37.1 Å². The van der Waals surface area contributed by atoms with Crippen LogP contribution >= 0.6 is 0 Å². The van der Waals surface area contributed by atoms with Gasteiger partial charge in [-0.25, -0.2) is 0 Å². The average molecular weight is 248 g/mol. The maximum absolute atomic E-state index is 3.60. The van der Waals surface area contributed by atoms with Crippen molar-refractivity contribution in [2.75, 3.05) is 20.1 Å². The largest absolute Gasteiger partial charge is 0.313 e. The molecule has 18 heavy (non-hydrogen) atoms. The molecule has 0 saturated heterocycles. The highest BCUT2D eigenvalue weighted by atomic mass is 15.1. The summed E-state index contributed by atoms with van der Waals surface area (Å²) in [5, 5.41) is 3.60. The fourth-order valence-electron chi connectivity index (χ4n) is 1.88. The predicted molar refractivity (Wildman–Crippen MR) is 80.0 cm³/mol. The van der Waals surface area contributed by atoms with E-state index < -0.39 is 0 Å². The van der Waals surface area contributed by atoms with Gasteiger partial charge in [-0.15, -0.1) is 0 Å². The van der Waals surface area contributed by atoms with Crippen LogP contribution < -0.4 is 5.32 Å². The lowest BCUT2D eigenvalue weighted by Gasteiger charge is -2.22. The van der Waals surface area contributed by atoms with Gasteiger partial charge in [0.05, 0.1) is 0 Å². The fourth-order valence-corrected chi connectivity index (χ4v) is 1.88. The summed E-state index contributed by atoms with van der Waals surface area (Å²) in [6.45, 7) is 8.94. The van der Waals surface area contributed by atoms with Gasteiger partial charge in [-0.2, -0.15) is 0 Å². The highest BCUT2D eigenvalue weighted by Crippen LogP contribution is 2.04. The number of likely N-dealkylation sites (N-methyl/N-ethyl adjacent to an activating group) is 1. The number of aryl methyl sites for hydroxylation is 1. The summed E-state index contributed by atoms with van der Waals surface area (Å²) in [6, 6.07) is 11.9. The van der Waals surface area contributed by atoms with Crippen LogP contribution in [0, 0.1) is 0 Å². The van der Waals surface area contributed by atoms with Crippen LogP contribution in [0.2, 0.25) is 0 Å². The first-order valence-electron chi connectivity index (χ1n) is 7.07. The highest BCUT2D eigenvalue weighted by molar-refractivity contribution is 5.14. The number of nitrogens with zero attached hydrogens (tertiary/aromatic N) is 1. The fraction of sp³-hybridized carbons (Fsp3) is 0.625. The molecule has 0 amide bonds. The molecule has 2 nitrogen and oxygen atoms in total. The summed E-state index contributed by atoms with van der Waals surface area (Å²) in [5.74, 6) is 0. The standard InChI is InChI=1S/C16H28N2/c1-14(2)18(4)13-12-17-15(3)10-11-16-8-6-5-7-9-16/h5-9,14-15,17H,10-13H2,1-4H3. The van der Waals surface area contributed by atoms with Crippen molar-refractivity contribution < 1.29 is 0 Å². The van der Waals surface area contributed by atoms with E-state index in [0.29, 0.717) is 12.1 Å². The number of benzene rings is 1. The number of nitrogens with one attached hydrogen (secondary N) is 1. The molecule has 1 aromatic rings. The monoisotopic (exact) mass is 248 g/mol.